The van der Waals surface area contributed by atoms with E-state index in [9.17, 15) is 15.3 Å². The molecule has 1 aliphatic rings. The molecule has 3 N–H and O–H groups in total. The summed E-state index contributed by atoms with van der Waals surface area (Å²) < 4.78 is 16.2. The largest absolute Gasteiger partial charge is 0.387 e. The molecule has 0 aromatic heterocycles. The molecule has 1 rings (SSSR count). The Labute approximate surface area is 107 Å². The van der Waals surface area contributed by atoms with Crippen molar-refractivity contribution in [2.75, 3.05) is 6.61 Å². The van der Waals surface area contributed by atoms with E-state index in [1.165, 1.54) is 0 Å². The number of hydrogen-bond donors (Lipinski definition) is 3. The molecule has 0 aliphatic carbocycles. The topological polar surface area (TPSA) is 88.4 Å². The molecule has 1 aliphatic heterocycles. The highest BCUT2D eigenvalue weighted by Gasteiger charge is 2.45. The van der Waals surface area contributed by atoms with Crippen LogP contribution in [0.25, 0.3) is 0 Å². The van der Waals surface area contributed by atoms with Crippen molar-refractivity contribution in [2.45, 2.75) is 70.6 Å². The number of rotatable bonds is 5. The molecule has 1 saturated heterocycles. The van der Waals surface area contributed by atoms with Crippen LogP contribution in [-0.2, 0) is 14.2 Å². The second-order valence-electron chi connectivity index (χ2n) is 5.08. The minimum Gasteiger partial charge on any atom is -0.387 e. The predicted molar refractivity (Wildman–Crippen MR) is 64.0 cm³/mol. The van der Waals surface area contributed by atoms with Gasteiger partial charge in [0.05, 0.1) is 18.8 Å². The van der Waals surface area contributed by atoms with Gasteiger partial charge in [-0.15, -0.1) is 0 Å². The molecule has 5 atom stereocenters. The van der Waals surface area contributed by atoms with Gasteiger partial charge in [-0.25, -0.2) is 0 Å². The number of aliphatic hydroxyl groups is 3. The fourth-order valence-electron chi connectivity index (χ4n) is 1.82. The van der Waals surface area contributed by atoms with Gasteiger partial charge in [-0.05, 0) is 27.7 Å². The average Bonchev–Trinajstić information content (AvgIpc) is 2.27. The van der Waals surface area contributed by atoms with Gasteiger partial charge in [0.15, 0.2) is 6.29 Å². The third-order valence-electron chi connectivity index (χ3n) is 2.68. The van der Waals surface area contributed by atoms with E-state index in [1.54, 1.807) is 0 Å². The molecular formula is C12H24O6. The Morgan fingerprint density at radius 3 is 2.11 bits per heavy atom. The third-order valence-corrected chi connectivity index (χ3v) is 2.68. The molecule has 0 aromatic carbocycles. The zero-order valence-electron chi connectivity index (χ0n) is 11.3. The molecule has 0 aromatic rings. The molecule has 5 unspecified atom stereocenters. The number of aliphatic hydroxyl groups excluding tert-OH is 3. The second-order valence-corrected chi connectivity index (χ2v) is 5.08. The molecule has 18 heavy (non-hydrogen) atoms. The normalized spacial score (nSPS) is 37.5. The van der Waals surface area contributed by atoms with E-state index in [2.05, 4.69) is 0 Å². The quantitative estimate of drug-likeness (QED) is 0.629. The summed E-state index contributed by atoms with van der Waals surface area (Å²) in [5.74, 6) is 0. The summed E-state index contributed by atoms with van der Waals surface area (Å²) in [4.78, 5) is 0. The molecule has 0 saturated carbocycles. The van der Waals surface area contributed by atoms with Crippen molar-refractivity contribution in [3.63, 3.8) is 0 Å². The van der Waals surface area contributed by atoms with Crippen LogP contribution in [0.3, 0.4) is 0 Å². The molecule has 0 spiro atoms. The van der Waals surface area contributed by atoms with Gasteiger partial charge in [0, 0.05) is 0 Å². The first-order valence-corrected chi connectivity index (χ1v) is 6.29. The van der Waals surface area contributed by atoms with E-state index in [0.29, 0.717) is 0 Å². The van der Waals surface area contributed by atoms with Crippen LogP contribution in [0.2, 0.25) is 0 Å². The summed E-state index contributed by atoms with van der Waals surface area (Å²) in [5.41, 5.74) is 0. The first-order valence-electron chi connectivity index (χ1n) is 6.29. The zero-order valence-corrected chi connectivity index (χ0v) is 11.3. The number of hydrogen-bond acceptors (Lipinski definition) is 6. The van der Waals surface area contributed by atoms with Crippen LogP contribution in [0, 0.1) is 0 Å². The van der Waals surface area contributed by atoms with Crippen molar-refractivity contribution in [3.8, 4) is 0 Å². The van der Waals surface area contributed by atoms with Gasteiger partial charge in [-0.3, -0.25) is 0 Å². The SMILES string of the molecule is CC(C)OCC1OC(O)C(O)C(O)C1OC(C)C. The lowest BCUT2D eigenvalue weighted by Crippen LogP contribution is -2.60. The van der Waals surface area contributed by atoms with Gasteiger partial charge in [-0.1, -0.05) is 0 Å². The molecule has 6 heteroatoms. The van der Waals surface area contributed by atoms with Crippen molar-refractivity contribution >= 4 is 0 Å². The van der Waals surface area contributed by atoms with Crippen molar-refractivity contribution in [3.05, 3.63) is 0 Å². The van der Waals surface area contributed by atoms with Gasteiger partial charge in [0.1, 0.15) is 24.4 Å². The van der Waals surface area contributed by atoms with Crippen LogP contribution in [0.1, 0.15) is 27.7 Å². The van der Waals surface area contributed by atoms with Crippen molar-refractivity contribution in [1.82, 2.24) is 0 Å². The maximum Gasteiger partial charge on any atom is 0.184 e. The van der Waals surface area contributed by atoms with Crippen molar-refractivity contribution < 1.29 is 29.5 Å². The minimum atomic E-state index is -1.42. The van der Waals surface area contributed by atoms with Gasteiger partial charge < -0.3 is 29.5 Å². The molecule has 0 bridgehead atoms. The minimum absolute atomic E-state index is 0.00874. The lowest BCUT2D eigenvalue weighted by Gasteiger charge is -2.41. The predicted octanol–water partition coefficient (Wildman–Crippen LogP) is -0.356. The lowest BCUT2D eigenvalue weighted by atomic mass is 9.99. The van der Waals surface area contributed by atoms with Crippen LogP contribution in [-0.4, -0.2) is 64.8 Å². The summed E-state index contributed by atoms with van der Waals surface area (Å²) in [6.07, 6.45) is -5.44. The zero-order chi connectivity index (χ0) is 13.9. The summed E-state index contributed by atoms with van der Waals surface area (Å²) in [5, 5.41) is 29.0. The van der Waals surface area contributed by atoms with Gasteiger partial charge in [-0.2, -0.15) is 0 Å². The van der Waals surface area contributed by atoms with Gasteiger partial charge in [0.2, 0.25) is 0 Å². The summed E-state index contributed by atoms with van der Waals surface area (Å²) >= 11 is 0. The molecule has 0 amide bonds. The highest BCUT2D eigenvalue weighted by atomic mass is 16.7. The molecular weight excluding hydrogens is 240 g/mol. The van der Waals surface area contributed by atoms with Crippen molar-refractivity contribution in [1.29, 1.82) is 0 Å². The standard InChI is InChI=1S/C12H24O6/c1-6(2)16-5-8-11(17-7(3)4)9(13)10(14)12(15)18-8/h6-15H,5H2,1-4H3. The Morgan fingerprint density at radius 1 is 1.00 bits per heavy atom. The smallest absolute Gasteiger partial charge is 0.184 e. The maximum atomic E-state index is 9.92. The molecule has 1 fully saturated rings. The summed E-state index contributed by atoms with van der Waals surface area (Å²) in [6, 6.07) is 0. The Hall–Kier alpha value is -0.240. The Kier molecular flexibility index (Phi) is 5.97. The number of ether oxygens (including phenoxy) is 3. The fourth-order valence-corrected chi connectivity index (χ4v) is 1.82. The van der Waals surface area contributed by atoms with E-state index in [0.717, 1.165) is 0 Å². The Bertz CT molecular complexity index is 245. The average molecular weight is 264 g/mol. The fraction of sp³-hybridized carbons (Fsp3) is 1.00. The summed E-state index contributed by atoms with van der Waals surface area (Å²) in [6.45, 7) is 7.59. The van der Waals surface area contributed by atoms with Crippen LogP contribution in [0.15, 0.2) is 0 Å². The highest BCUT2D eigenvalue weighted by Crippen LogP contribution is 2.24. The second kappa shape index (κ2) is 6.79. The lowest BCUT2D eigenvalue weighted by molar-refractivity contribution is -0.301. The van der Waals surface area contributed by atoms with E-state index in [4.69, 9.17) is 14.2 Å². The highest BCUT2D eigenvalue weighted by molar-refractivity contribution is 4.90. The van der Waals surface area contributed by atoms with Crippen molar-refractivity contribution in [2.24, 2.45) is 0 Å². The maximum absolute atomic E-state index is 9.92. The Morgan fingerprint density at radius 2 is 1.61 bits per heavy atom. The van der Waals surface area contributed by atoms with Gasteiger partial charge in [0.25, 0.3) is 0 Å². The first-order chi connectivity index (χ1) is 8.32. The van der Waals surface area contributed by atoms with Crippen LogP contribution >= 0.6 is 0 Å². The molecule has 1 heterocycles. The van der Waals surface area contributed by atoms with E-state index in [-0.39, 0.29) is 18.8 Å². The van der Waals surface area contributed by atoms with Gasteiger partial charge >= 0.3 is 0 Å². The van der Waals surface area contributed by atoms with E-state index in [1.807, 2.05) is 27.7 Å². The first kappa shape index (κ1) is 15.8. The van der Waals surface area contributed by atoms with Crippen LogP contribution < -0.4 is 0 Å². The monoisotopic (exact) mass is 264 g/mol. The van der Waals surface area contributed by atoms with E-state index >= 15 is 0 Å². The summed E-state index contributed by atoms with van der Waals surface area (Å²) in [7, 11) is 0. The Balaban J connectivity index is 2.69. The van der Waals surface area contributed by atoms with E-state index < -0.39 is 30.7 Å². The molecule has 108 valence electrons. The third kappa shape index (κ3) is 4.15. The molecule has 0 radical (unpaired) electrons. The van der Waals surface area contributed by atoms with Crippen LogP contribution in [0.5, 0.6) is 0 Å². The van der Waals surface area contributed by atoms with Crippen LogP contribution in [0.4, 0.5) is 0 Å². The molecule has 6 nitrogen and oxygen atoms in total.